The zero-order chi connectivity index (χ0) is 16.8. The number of rotatable bonds is 7. The number of ether oxygens (including phenoxy) is 1. The first-order valence-corrected chi connectivity index (χ1v) is 8.66. The van der Waals surface area contributed by atoms with E-state index in [-0.39, 0.29) is 0 Å². The van der Waals surface area contributed by atoms with Crippen LogP contribution in [0.25, 0.3) is 0 Å². The second kappa shape index (κ2) is 8.11. The number of hydrogen-bond donors (Lipinski definition) is 1. The minimum absolute atomic E-state index is 0.619. The van der Waals surface area contributed by atoms with Crippen LogP contribution in [-0.4, -0.2) is 17.1 Å². The van der Waals surface area contributed by atoms with Gasteiger partial charge in [-0.05, 0) is 43.3 Å². The monoisotopic (exact) mass is 361 g/mol. The molecule has 0 aliphatic heterocycles. The highest BCUT2D eigenvalue weighted by Gasteiger charge is 2.08. The molecule has 8 heteroatoms. The number of aromatic nitrogens is 2. The van der Waals surface area contributed by atoms with Gasteiger partial charge in [0.25, 0.3) is 0 Å². The minimum atomic E-state index is 0.619. The normalized spacial score (nSPS) is 10.6. The fourth-order valence-electron chi connectivity index (χ4n) is 1.84. The topological polar surface area (TPSA) is 65.5 Å². The largest absolute Gasteiger partial charge is 0.453 e. The smallest absolute Gasteiger partial charge is 0.188 e. The molecule has 0 saturated carbocycles. The fourth-order valence-corrected chi connectivity index (χ4v) is 2.92. The van der Waals surface area contributed by atoms with Crippen LogP contribution >= 0.6 is 23.4 Å². The maximum Gasteiger partial charge on any atom is 0.188 e. The number of benzene rings is 1. The molecule has 0 aliphatic rings. The van der Waals surface area contributed by atoms with Crippen molar-refractivity contribution in [1.29, 1.82) is 0 Å². The lowest BCUT2D eigenvalue weighted by molar-refractivity contribution is -0.160. The van der Waals surface area contributed by atoms with E-state index in [2.05, 4.69) is 20.2 Å². The van der Waals surface area contributed by atoms with E-state index in [1.165, 1.54) is 18.4 Å². The molecule has 0 fully saturated rings. The number of nitrogens with one attached hydrogen (secondary N) is 1. The van der Waals surface area contributed by atoms with Crippen LogP contribution in [0.2, 0.25) is 0 Å². The molecule has 0 bridgehead atoms. The molecule has 24 heavy (non-hydrogen) atoms. The number of aryl methyl sites for hydroxylation is 1. The van der Waals surface area contributed by atoms with E-state index in [9.17, 15) is 0 Å². The Morgan fingerprint density at radius 3 is 2.71 bits per heavy atom. The third-order valence-corrected chi connectivity index (χ3v) is 4.41. The summed E-state index contributed by atoms with van der Waals surface area (Å²) in [4.78, 5) is 14.2. The zero-order valence-corrected chi connectivity index (χ0v) is 14.7. The van der Waals surface area contributed by atoms with Gasteiger partial charge in [0.2, 0.25) is 0 Å². The van der Waals surface area contributed by atoms with Crippen molar-refractivity contribution in [3.63, 3.8) is 0 Å². The first-order valence-electron chi connectivity index (χ1n) is 7.04. The standard InChI is InChI=1S/C16H15N3O3S2/c1-11-10-23-16(18-11)19-15-14(4-3-9-17-15)21-12-5-7-13(8-6-12)24-22-20-2/h3-10H,1-2H3,(H,17,18,19). The van der Waals surface area contributed by atoms with Crippen LogP contribution in [-0.2, 0) is 9.22 Å². The van der Waals surface area contributed by atoms with E-state index in [1.807, 2.05) is 48.7 Å². The van der Waals surface area contributed by atoms with Crippen molar-refractivity contribution >= 4 is 34.3 Å². The highest BCUT2D eigenvalue weighted by atomic mass is 32.2. The van der Waals surface area contributed by atoms with Gasteiger partial charge in [-0.2, -0.15) is 4.33 Å². The van der Waals surface area contributed by atoms with Gasteiger partial charge in [-0.15, -0.1) is 11.3 Å². The Labute approximate surface area is 148 Å². The number of pyridine rings is 1. The van der Waals surface area contributed by atoms with Crippen molar-refractivity contribution < 1.29 is 14.0 Å². The van der Waals surface area contributed by atoms with E-state index in [4.69, 9.17) is 9.07 Å². The summed E-state index contributed by atoms with van der Waals surface area (Å²) in [5, 5.41) is 5.94. The van der Waals surface area contributed by atoms with Crippen LogP contribution in [0.1, 0.15) is 5.69 Å². The van der Waals surface area contributed by atoms with Crippen molar-refractivity contribution in [1.82, 2.24) is 9.97 Å². The van der Waals surface area contributed by atoms with E-state index in [1.54, 1.807) is 6.20 Å². The summed E-state index contributed by atoms with van der Waals surface area (Å²) >= 11 is 2.66. The molecule has 1 N–H and O–H groups in total. The maximum atomic E-state index is 5.92. The first-order chi connectivity index (χ1) is 11.7. The Bertz CT molecular complexity index is 793. The van der Waals surface area contributed by atoms with Crippen molar-refractivity contribution in [2.24, 2.45) is 0 Å². The molecular formula is C16H15N3O3S2. The van der Waals surface area contributed by atoms with E-state index < -0.39 is 0 Å². The third-order valence-electron chi connectivity index (χ3n) is 2.86. The Morgan fingerprint density at radius 1 is 1.17 bits per heavy atom. The summed E-state index contributed by atoms with van der Waals surface area (Å²) in [6.07, 6.45) is 1.71. The van der Waals surface area contributed by atoms with Crippen LogP contribution in [0.4, 0.5) is 10.9 Å². The molecule has 0 amide bonds. The van der Waals surface area contributed by atoms with Gasteiger partial charge in [0, 0.05) is 16.5 Å². The quantitative estimate of drug-likeness (QED) is 0.362. The lowest BCUT2D eigenvalue weighted by atomic mass is 10.3. The van der Waals surface area contributed by atoms with Crippen LogP contribution in [0.15, 0.2) is 52.9 Å². The van der Waals surface area contributed by atoms with Crippen LogP contribution in [0.3, 0.4) is 0 Å². The van der Waals surface area contributed by atoms with Crippen molar-refractivity contribution in [3.05, 3.63) is 53.7 Å². The highest BCUT2D eigenvalue weighted by Crippen LogP contribution is 2.31. The van der Waals surface area contributed by atoms with E-state index in [0.29, 0.717) is 17.3 Å². The summed E-state index contributed by atoms with van der Waals surface area (Å²) in [5.74, 6) is 1.94. The summed E-state index contributed by atoms with van der Waals surface area (Å²) in [6, 6.07) is 11.1. The van der Waals surface area contributed by atoms with Crippen molar-refractivity contribution in [2.45, 2.75) is 11.8 Å². The van der Waals surface area contributed by atoms with Crippen LogP contribution < -0.4 is 10.1 Å². The van der Waals surface area contributed by atoms with Crippen LogP contribution in [0, 0.1) is 6.92 Å². The number of hydrogen-bond acceptors (Lipinski definition) is 8. The Kier molecular flexibility index (Phi) is 5.65. The average molecular weight is 361 g/mol. The predicted molar refractivity (Wildman–Crippen MR) is 94.8 cm³/mol. The van der Waals surface area contributed by atoms with Gasteiger partial charge in [0.15, 0.2) is 16.7 Å². The van der Waals surface area contributed by atoms with Gasteiger partial charge in [-0.3, -0.25) is 0 Å². The highest BCUT2D eigenvalue weighted by molar-refractivity contribution is 7.94. The summed E-state index contributed by atoms with van der Waals surface area (Å²) in [6.45, 7) is 1.95. The third kappa shape index (κ3) is 4.45. The fraction of sp³-hybridized carbons (Fsp3) is 0.125. The van der Waals surface area contributed by atoms with Gasteiger partial charge in [0.1, 0.15) is 5.75 Å². The second-order valence-electron chi connectivity index (χ2n) is 4.66. The average Bonchev–Trinajstić information content (AvgIpc) is 3.01. The molecule has 2 aromatic heterocycles. The van der Waals surface area contributed by atoms with Crippen LogP contribution in [0.5, 0.6) is 11.5 Å². The molecule has 1 aromatic carbocycles. The second-order valence-corrected chi connectivity index (χ2v) is 6.29. The Balaban J connectivity index is 1.73. The molecule has 3 aromatic rings. The molecule has 0 radical (unpaired) electrons. The summed E-state index contributed by atoms with van der Waals surface area (Å²) in [5.41, 5.74) is 0.965. The molecule has 124 valence electrons. The molecular weight excluding hydrogens is 346 g/mol. The summed E-state index contributed by atoms with van der Waals surface area (Å²) < 4.78 is 10.7. The minimum Gasteiger partial charge on any atom is -0.453 e. The van der Waals surface area contributed by atoms with Gasteiger partial charge < -0.3 is 10.1 Å². The SMILES string of the molecule is COOSc1ccc(Oc2cccnc2Nc2nc(C)cs2)cc1. The zero-order valence-electron chi connectivity index (χ0n) is 13.1. The van der Waals surface area contributed by atoms with Crippen molar-refractivity contribution in [3.8, 4) is 11.5 Å². The summed E-state index contributed by atoms with van der Waals surface area (Å²) in [7, 11) is 1.46. The Morgan fingerprint density at radius 2 is 2.00 bits per heavy atom. The van der Waals surface area contributed by atoms with E-state index >= 15 is 0 Å². The van der Waals surface area contributed by atoms with E-state index in [0.717, 1.165) is 27.8 Å². The van der Waals surface area contributed by atoms with Crippen molar-refractivity contribution in [2.75, 3.05) is 12.4 Å². The van der Waals surface area contributed by atoms with Gasteiger partial charge in [0.05, 0.1) is 24.8 Å². The molecule has 0 spiro atoms. The Hall–Kier alpha value is -2.13. The molecule has 0 unspecified atom stereocenters. The molecule has 2 heterocycles. The molecule has 6 nitrogen and oxygen atoms in total. The lowest BCUT2D eigenvalue weighted by Crippen LogP contribution is -1.96. The van der Waals surface area contributed by atoms with Gasteiger partial charge in [-0.1, -0.05) is 0 Å². The number of thiazole rings is 1. The predicted octanol–water partition coefficient (Wildman–Crippen LogP) is 4.97. The maximum absolute atomic E-state index is 5.92. The number of anilines is 2. The molecule has 0 saturated heterocycles. The first kappa shape index (κ1) is 16.7. The molecule has 3 rings (SSSR count). The van der Waals surface area contributed by atoms with Gasteiger partial charge in [-0.25, -0.2) is 14.9 Å². The lowest BCUT2D eigenvalue weighted by Gasteiger charge is -2.10. The molecule has 0 aliphatic carbocycles. The molecule has 0 atom stereocenters. The van der Waals surface area contributed by atoms with Gasteiger partial charge >= 0.3 is 0 Å². The number of nitrogens with zero attached hydrogens (tertiary/aromatic N) is 2.